The van der Waals surface area contributed by atoms with Crippen molar-refractivity contribution < 1.29 is 9.59 Å². The summed E-state index contributed by atoms with van der Waals surface area (Å²) in [5.74, 6) is 0. The van der Waals surface area contributed by atoms with E-state index in [2.05, 4.69) is 15.6 Å². The zero-order valence-electron chi connectivity index (χ0n) is 14.2. The fourth-order valence-electron chi connectivity index (χ4n) is 2.73. The lowest BCUT2D eigenvalue weighted by atomic mass is 10.3. The molecule has 2 heterocycles. The highest BCUT2D eigenvalue weighted by atomic mass is 35.5. The van der Waals surface area contributed by atoms with Gasteiger partial charge in [0.05, 0.1) is 11.9 Å². The van der Waals surface area contributed by atoms with Crippen LogP contribution in [0.15, 0.2) is 48.8 Å². The van der Waals surface area contributed by atoms with Crippen molar-refractivity contribution in [3.05, 3.63) is 53.8 Å². The number of aromatic nitrogens is 1. The molecule has 0 radical (unpaired) electrons. The quantitative estimate of drug-likeness (QED) is 0.845. The zero-order valence-corrected chi connectivity index (χ0v) is 14.9. The molecule has 8 heteroatoms. The molecule has 136 valence electrons. The second-order valence-corrected chi connectivity index (χ2v) is 6.38. The molecule has 4 amide bonds. The van der Waals surface area contributed by atoms with Crippen molar-refractivity contribution in [2.45, 2.75) is 6.42 Å². The van der Waals surface area contributed by atoms with Crippen LogP contribution in [-0.2, 0) is 0 Å². The summed E-state index contributed by atoms with van der Waals surface area (Å²) in [7, 11) is 0. The average molecular weight is 374 g/mol. The van der Waals surface area contributed by atoms with E-state index in [-0.39, 0.29) is 12.1 Å². The van der Waals surface area contributed by atoms with Gasteiger partial charge in [-0.05, 0) is 36.8 Å². The third kappa shape index (κ3) is 4.86. The summed E-state index contributed by atoms with van der Waals surface area (Å²) >= 11 is 5.94. The van der Waals surface area contributed by atoms with E-state index in [4.69, 9.17) is 11.6 Å². The van der Waals surface area contributed by atoms with Crippen LogP contribution in [0.3, 0.4) is 0 Å². The van der Waals surface area contributed by atoms with Gasteiger partial charge in [-0.15, -0.1) is 0 Å². The maximum absolute atomic E-state index is 12.4. The number of hydrogen-bond donors (Lipinski definition) is 2. The number of pyridine rings is 1. The Morgan fingerprint density at radius 1 is 0.923 bits per heavy atom. The Labute approximate surface area is 157 Å². The Kier molecular flexibility index (Phi) is 5.91. The Balaban J connectivity index is 1.54. The minimum atomic E-state index is -0.193. The van der Waals surface area contributed by atoms with Gasteiger partial charge in [0.25, 0.3) is 0 Å². The molecule has 0 atom stereocenters. The zero-order chi connectivity index (χ0) is 18.4. The highest BCUT2D eigenvalue weighted by Crippen LogP contribution is 2.16. The number of carbonyl (C=O) groups excluding carboxylic acids is 2. The third-order valence-corrected chi connectivity index (χ3v) is 4.29. The van der Waals surface area contributed by atoms with Crippen molar-refractivity contribution in [3.8, 4) is 0 Å². The van der Waals surface area contributed by atoms with E-state index in [1.165, 1.54) is 0 Å². The van der Waals surface area contributed by atoms with Gasteiger partial charge in [-0.25, -0.2) is 9.59 Å². The molecular weight excluding hydrogens is 354 g/mol. The number of carbonyl (C=O) groups is 2. The number of hydrogen-bond acceptors (Lipinski definition) is 3. The smallest absolute Gasteiger partial charge is 0.321 e. The van der Waals surface area contributed by atoms with Crippen molar-refractivity contribution in [1.29, 1.82) is 0 Å². The van der Waals surface area contributed by atoms with Gasteiger partial charge >= 0.3 is 12.1 Å². The highest BCUT2D eigenvalue weighted by Gasteiger charge is 2.22. The summed E-state index contributed by atoms with van der Waals surface area (Å²) < 4.78 is 0. The SMILES string of the molecule is O=C(Nc1cccnc1)N1CCCN(C(=O)Nc2cccc(Cl)c2)CC1. The fourth-order valence-corrected chi connectivity index (χ4v) is 2.92. The Morgan fingerprint density at radius 2 is 1.58 bits per heavy atom. The van der Waals surface area contributed by atoms with Gasteiger partial charge in [-0.2, -0.15) is 0 Å². The molecule has 1 aliphatic rings. The summed E-state index contributed by atoms with van der Waals surface area (Å²) in [6.45, 7) is 2.11. The van der Waals surface area contributed by atoms with Gasteiger partial charge in [-0.3, -0.25) is 4.98 Å². The Morgan fingerprint density at radius 3 is 2.19 bits per heavy atom. The van der Waals surface area contributed by atoms with Crippen molar-refractivity contribution >= 4 is 35.0 Å². The van der Waals surface area contributed by atoms with Crippen LogP contribution in [0.1, 0.15) is 6.42 Å². The molecule has 26 heavy (non-hydrogen) atoms. The molecule has 7 nitrogen and oxygen atoms in total. The van der Waals surface area contributed by atoms with Crippen molar-refractivity contribution in [3.63, 3.8) is 0 Å². The third-order valence-electron chi connectivity index (χ3n) is 4.06. The standard InChI is InChI=1S/C18H20ClN5O2/c19-14-4-1-5-15(12-14)21-17(25)23-8-3-9-24(11-10-23)18(26)22-16-6-2-7-20-13-16/h1-2,4-7,12-13H,3,8-11H2,(H,21,25)(H,22,26). The molecule has 1 aromatic heterocycles. The molecule has 0 unspecified atom stereocenters. The van der Waals surface area contributed by atoms with E-state index < -0.39 is 0 Å². The first-order chi connectivity index (χ1) is 12.6. The highest BCUT2D eigenvalue weighted by molar-refractivity contribution is 6.30. The van der Waals surface area contributed by atoms with Crippen LogP contribution >= 0.6 is 11.6 Å². The molecule has 1 aliphatic heterocycles. The predicted octanol–water partition coefficient (Wildman–Crippen LogP) is 3.51. The van der Waals surface area contributed by atoms with Gasteiger partial charge in [-0.1, -0.05) is 17.7 Å². The van der Waals surface area contributed by atoms with Crippen LogP contribution < -0.4 is 10.6 Å². The number of urea groups is 2. The predicted molar refractivity (Wildman–Crippen MR) is 101 cm³/mol. The fraction of sp³-hybridized carbons (Fsp3) is 0.278. The lowest BCUT2D eigenvalue weighted by Gasteiger charge is -2.22. The largest absolute Gasteiger partial charge is 0.323 e. The minimum absolute atomic E-state index is 0.185. The average Bonchev–Trinajstić information content (AvgIpc) is 2.89. The van der Waals surface area contributed by atoms with Gasteiger partial charge in [0.2, 0.25) is 0 Å². The summed E-state index contributed by atoms with van der Waals surface area (Å²) in [4.78, 5) is 32.2. The first-order valence-corrected chi connectivity index (χ1v) is 8.77. The number of anilines is 2. The van der Waals surface area contributed by atoms with Crippen molar-refractivity contribution in [2.24, 2.45) is 0 Å². The summed E-state index contributed by atoms with van der Waals surface area (Å²) in [6, 6.07) is 10.2. The Hall–Kier alpha value is -2.80. The number of rotatable bonds is 2. The van der Waals surface area contributed by atoms with Crippen LogP contribution in [0.4, 0.5) is 21.0 Å². The molecule has 0 saturated carbocycles. The molecule has 1 saturated heterocycles. The summed E-state index contributed by atoms with van der Waals surface area (Å²) in [6.07, 6.45) is 3.96. The normalized spacial score (nSPS) is 14.5. The number of nitrogens with zero attached hydrogens (tertiary/aromatic N) is 3. The minimum Gasteiger partial charge on any atom is -0.323 e. The van der Waals surface area contributed by atoms with E-state index >= 15 is 0 Å². The molecule has 3 rings (SSSR count). The lowest BCUT2D eigenvalue weighted by molar-refractivity contribution is 0.205. The van der Waals surface area contributed by atoms with Crippen LogP contribution in [0, 0.1) is 0 Å². The van der Waals surface area contributed by atoms with Crippen LogP contribution in [0.5, 0.6) is 0 Å². The molecule has 0 bridgehead atoms. The second-order valence-electron chi connectivity index (χ2n) is 5.94. The van der Waals surface area contributed by atoms with Gasteiger partial charge < -0.3 is 20.4 Å². The molecule has 0 spiro atoms. The maximum Gasteiger partial charge on any atom is 0.321 e. The van der Waals surface area contributed by atoms with Crippen molar-refractivity contribution in [2.75, 3.05) is 36.8 Å². The molecule has 1 aromatic carbocycles. The van der Waals surface area contributed by atoms with E-state index in [1.807, 2.05) is 0 Å². The molecule has 1 fully saturated rings. The number of nitrogens with one attached hydrogen (secondary N) is 2. The van der Waals surface area contributed by atoms with Crippen LogP contribution in [0.2, 0.25) is 5.02 Å². The Bertz CT molecular complexity index is 771. The topological polar surface area (TPSA) is 77.6 Å². The van der Waals surface area contributed by atoms with E-state index in [1.54, 1.807) is 58.6 Å². The van der Waals surface area contributed by atoms with E-state index in [9.17, 15) is 9.59 Å². The van der Waals surface area contributed by atoms with Gasteiger partial charge in [0, 0.05) is 43.1 Å². The second kappa shape index (κ2) is 8.53. The monoisotopic (exact) mass is 373 g/mol. The van der Waals surface area contributed by atoms with E-state index in [0.29, 0.717) is 49.0 Å². The first kappa shape index (κ1) is 18.0. The molecule has 2 N–H and O–H groups in total. The lowest BCUT2D eigenvalue weighted by Crippen LogP contribution is -2.40. The number of benzene rings is 1. The first-order valence-electron chi connectivity index (χ1n) is 8.39. The van der Waals surface area contributed by atoms with Gasteiger partial charge in [0.15, 0.2) is 0 Å². The van der Waals surface area contributed by atoms with Crippen molar-refractivity contribution in [1.82, 2.24) is 14.8 Å². The number of amides is 4. The van der Waals surface area contributed by atoms with E-state index in [0.717, 1.165) is 0 Å². The number of halogens is 1. The van der Waals surface area contributed by atoms with Gasteiger partial charge in [0.1, 0.15) is 0 Å². The van der Waals surface area contributed by atoms with Crippen LogP contribution in [-0.4, -0.2) is 53.0 Å². The molecular formula is C18H20ClN5O2. The molecule has 0 aliphatic carbocycles. The maximum atomic E-state index is 12.4. The summed E-state index contributed by atoms with van der Waals surface area (Å²) in [5.41, 5.74) is 1.30. The molecule has 2 aromatic rings. The summed E-state index contributed by atoms with van der Waals surface area (Å²) in [5, 5.41) is 6.23. The van der Waals surface area contributed by atoms with Crippen LogP contribution in [0.25, 0.3) is 0 Å².